The molecule has 98 valence electrons. The van der Waals surface area contributed by atoms with Gasteiger partial charge in [0.15, 0.2) is 30.2 Å². The average Bonchev–Trinajstić information content (AvgIpc) is 3.03. The number of hydrogen-bond acceptors (Lipinski definition) is 7. The molecular formula is C12H10N2O5. The highest BCUT2D eigenvalue weighted by molar-refractivity contribution is 5.81. The van der Waals surface area contributed by atoms with Gasteiger partial charge in [0.05, 0.1) is 5.56 Å². The van der Waals surface area contributed by atoms with E-state index in [-0.39, 0.29) is 13.4 Å². The largest absolute Gasteiger partial charge is 0.483 e. The number of carbonyl (C=O) groups is 1. The van der Waals surface area contributed by atoms with Crippen molar-refractivity contribution in [3.8, 4) is 17.2 Å². The molecule has 0 saturated heterocycles. The summed E-state index contributed by atoms with van der Waals surface area (Å²) in [6.45, 7) is 1.94. The normalized spacial score (nSPS) is 12.5. The Balaban J connectivity index is 1.81. The maximum absolute atomic E-state index is 11.0. The van der Waals surface area contributed by atoms with Crippen molar-refractivity contribution in [1.82, 2.24) is 10.1 Å². The zero-order valence-corrected chi connectivity index (χ0v) is 10.1. The number of aryl methyl sites for hydroxylation is 1. The summed E-state index contributed by atoms with van der Waals surface area (Å²) in [5, 5.41) is 3.65. The summed E-state index contributed by atoms with van der Waals surface area (Å²) in [6.07, 6.45) is 0.691. The Bertz CT molecular complexity index is 623. The van der Waals surface area contributed by atoms with Gasteiger partial charge in [-0.05, 0) is 13.0 Å². The minimum atomic E-state index is 0.0846. The van der Waals surface area contributed by atoms with Gasteiger partial charge >= 0.3 is 0 Å². The number of hydrogen-bond donors (Lipinski definition) is 0. The molecule has 0 atom stereocenters. The van der Waals surface area contributed by atoms with E-state index >= 15 is 0 Å². The molecule has 19 heavy (non-hydrogen) atoms. The Hall–Kier alpha value is -2.57. The molecule has 0 fully saturated rings. The van der Waals surface area contributed by atoms with Crippen LogP contribution in [-0.2, 0) is 6.61 Å². The van der Waals surface area contributed by atoms with Crippen molar-refractivity contribution in [2.75, 3.05) is 6.79 Å². The number of aromatic nitrogens is 2. The van der Waals surface area contributed by atoms with Crippen molar-refractivity contribution in [3.63, 3.8) is 0 Å². The number of carbonyl (C=O) groups excluding carboxylic acids is 1. The lowest BCUT2D eigenvalue weighted by Crippen LogP contribution is -1.99. The quantitative estimate of drug-likeness (QED) is 0.772. The van der Waals surface area contributed by atoms with Crippen molar-refractivity contribution < 1.29 is 23.5 Å². The Morgan fingerprint density at radius 3 is 2.84 bits per heavy atom. The first-order valence-electron chi connectivity index (χ1n) is 5.57. The lowest BCUT2D eigenvalue weighted by Gasteiger charge is -2.07. The lowest BCUT2D eigenvalue weighted by atomic mass is 10.2. The molecule has 3 rings (SSSR count). The predicted molar refractivity (Wildman–Crippen MR) is 61.3 cm³/mol. The summed E-state index contributed by atoms with van der Waals surface area (Å²) >= 11 is 0. The second-order valence-corrected chi connectivity index (χ2v) is 3.89. The van der Waals surface area contributed by atoms with Crippen LogP contribution in [0.3, 0.4) is 0 Å². The monoisotopic (exact) mass is 262 g/mol. The van der Waals surface area contributed by atoms with E-state index in [2.05, 4.69) is 10.1 Å². The van der Waals surface area contributed by atoms with Crippen LogP contribution in [0.1, 0.15) is 22.1 Å². The molecule has 1 aliphatic rings. The van der Waals surface area contributed by atoms with Gasteiger partial charge in [-0.3, -0.25) is 4.79 Å². The summed E-state index contributed by atoms with van der Waals surface area (Å²) in [6, 6.07) is 3.18. The number of nitrogens with zero attached hydrogens (tertiary/aromatic N) is 2. The first-order chi connectivity index (χ1) is 9.26. The topological polar surface area (TPSA) is 83.7 Å². The van der Waals surface area contributed by atoms with Crippen LogP contribution >= 0.6 is 0 Å². The predicted octanol–water partition coefficient (Wildman–Crippen LogP) is 1.50. The van der Waals surface area contributed by atoms with Gasteiger partial charge in [-0.1, -0.05) is 5.16 Å². The molecule has 2 aromatic rings. The van der Waals surface area contributed by atoms with Crippen molar-refractivity contribution in [2.45, 2.75) is 13.5 Å². The first-order valence-corrected chi connectivity index (χ1v) is 5.57. The highest BCUT2D eigenvalue weighted by atomic mass is 16.7. The number of rotatable bonds is 4. The third-order valence-corrected chi connectivity index (χ3v) is 2.55. The van der Waals surface area contributed by atoms with Gasteiger partial charge in [-0.15, -0.1) is 0 Å². The van der Waals surface area contributed by atoms with Crippen LogP contribution in [0.15, 0.2) is 16.7 Å². The molecular weight excluding hydrogens is 252 g/mol. The zero-order valence-electron chi connectivity index (χ0n) is 10.1. The molecule has 1 aliphatic heterocycles. The van der Waals surface area contributed by atoms with Gasteiger partial charge in [-0.2, -0.15) is 4.98 Å². The van der Waals surface area contributed by atoms with E-state index in [1.807, 2.05) is 0 Å². The molecule has 0 N–H and O–H groups in total. The van der Waals surface area contributed by atoms with Crippen LogP contribution in [-0.4, -0.2) is 23.2 Å². The summed E-state index contributed by atoms with van der Waals surface area (Å²) in [7, 11) is 0. The minimum absolute atomic E-state index is 0.0846. The van der Waals surface area contributed by atoms with E-state index in [0.717, 1.165) is 0 Å². The van der Waals surface area contributed by atoms with Crippen LogP contribution in [0.25, 0.3) is 0 Å². The Kier molecular flexibility index (Phi) is 2.79. The highest BCUT2D eigenvalue weighted by Gasteiger charge is 2.18. The molecule has 7 nitrogen and oxygen atoms in total. The smallest absolute Gasteiger partial charge is 0.264 e. The van der Waals surface area contributed by atoms with Gasteiger partial charge in [0.2, 0.25) is 6.79 Å². The van der Waals surface area contributed by atoms with Gasteiger partial charge in [0.1, 0.15) is 5.75 Å². The summed E-state index contributed by atoms with van der Waals surface area (Å²) < 4.78 is 20.8. The van der Waals surface area contributed by atoms with Crippen molar-refractivity contribution in [2.24, 2.45) is 0 Å². The SMILES string of the molecule is Cc1noc(COc2cc3c(cc2C=O)OCO3)n1. The summed E-state index contributed by atoms with van der Waals surface area (Å²) in [5.41, 5.74) is 0.375. The van der Waals surface area contributed by atoms with Crippen LogP contribution in [0.5, 0.6) is 17.2 Å². The van der Waals surface area contributed by atoms with Crippen LogP contribution < -0.4 is 14.2 Å². The van der Waals surface area contributed by atoms with E-state index in [4.69, 9.17) is 18.7 Å². The molecule has 0 aliphatic carbocycles. The van der Waals surface area contributed by atoms with Gasteiger partial charge in [0, 0.05) is 6.07 Å². The van der Waals surface area contributed by atoms with E-state index in [9.17, 15) is 4.79 Å². The molecule has 1 aromatic heterocycles. The van der Waals surface area contributed by atoms with Gasteiger partial charge < -0.3 is 18.7 Å². The number of aldehydes is 1. The second kappa shape index (κ2) is 4.60. The molecule has 0 unspecified atom stereocenters. The zero-order chi connectivity index (χ0) is 13.2. The first kappa shape index (κ1) is 11.5. The fourth-order valence-corrected chi connectivity index (χ4v) is 1.69. The minimum Gasteiger partial charge on any atom is -0.483 e. The van der Waals surface area contributed by atoms with E-state index in [1.165, 1.54) is 0 Å². The van der Waals surface area contributed by atoms with Gasteiger partial charge in [-0.25, -0.2) is 0 Å². The molecule has 2 heterocycles. The summed E-state index contributed by atoms with van der Waals surface area (Å²) in [4.78, 5) is 15.0. The van der Waals surface area contributed by atoms with Crippen molar-refractivity contribution in [3.05, 3.63) is 29.4 Å². The van der Waals surface area contributed by atoms with Crippen LogP contribution in [0.4, 0.5) is 0 Å². The maximum atomic E-state index is 11.0. The maximum Gasteiger partial charge on any atom is 0.264 e. The van der Waals surface area contributed by atoms with Crippen LogP contribution in [0.2, 0.25) is 0 Å². The second-order valence-electron chi connectivity index (χ2n) is 3.89. The molecule has 0 saturated carbocycles. The third kappa shape index (κ3) is 2.22. The average molecular weight is 262 g/mol. The molecule has 7 heteroatoms. The van der Waals surface area contributed by atoms with E-state index < -0.39 is 0 Å². The van der Waals surface area contributed by atoms with Crippen molar-refractivity contribution >= 4 is 6.29 Å². The molecule has 0 spiro atoms. The molecule has 0 amide bonds. The third-order valence-electron chi connectivity index (χ3n) is 2.55. The fraction of sp³-hybridized carbons (Fsp3) is 0.250. The fourth-order valence-electron chi connectivity index (χ4n) is 1.69. The Labute approximate surface area is 108 Å². The van der Waals surface area contributed by atoms with E-state index in [0.29, 0.717) is 40.8 Å². The Morgan fingerprint density at radius 2 is 2.16 bits per heavy atom. The summed E-state index contributed by atoms with van der Waals surface area (Å²) in [5.74, 6) is 2.33. The van der Waals surface area contributed by atoms with Gasteiger partial charge in [0.25, 0.3) is 5.89 Å². The van der Waals surface area contributed by atoms with Crippen LogP contribution in [0, 0.1) is 6.92 Å². The Morgan fingerprint density at radius 1 is 1.37 bits per heavy atom. The molecule has 0 radical (unpaired) electrons. The number of benzene rings is 1. The lowest BCUT2D eigenvalue weighted by molar-refractivity contribution is 0.111. The van der Waals surface area contributed by atoms with Crippen molar-refractivity contribution in [1.29, 1.82) is 0 Å². The number of ether oxygens (including phenoxy) is 3. The number of fused-ring (bicyclic) bond motifs is 1. The van der Waals surface area contributed by atoms with E-state index in [1.54, 1.807) is 19.1 Å². The standard InChI is InChI=1S/C12H10N2O5/c1-7-13-12(19-14-7)5-16-9-3-11-10(17-6-18-11)2-8(9)4-15/h2-4H,5-6H2,1H3. The highest BCUT2D eigenvalue weighted by Crippen LogP contribution is 2.37. The molecule has 1 aromatic carbocycles. The molecule has 0 bridgehead atoms.